The first kappa shape index (κ1) is 12.0. The number of benzene rings is 1. The van der Waals surface area contributed by atoms with Crippen LogP contribution < -0.4 is 16.2 Å². The number of rotatable bonds is 5. The summed E-state index contributed by atoms with van der Waals surface area (Å²) in [7, 11) is 0. The largest absolute Gasteiger partial charge is 0.490 e. The van der Waals surface area contributed by atoms with Crippen molar-refractivity contribution in [2.45, 2.75) is 6.42 Å². The van der Waals surface area contributed by atoms with Crippen molar-refractivity contribution in [3.8, 4) is 5.75 Å². The molecule has 0 amide bonds. The normalized spacial score (nSPS) is 10.2. The van der Waals surface area contributed by atoms with Crippen LogP contribution in [-0.2, 0) is 6.42 Å². The van der Waals surface area contributed by atoms with E-state index >= 15 is 0 Å². The van der Waals surface area contributed by atoms with E-state index in [4.69, 9.17) is 16.2 Å². The molecule has 1 heterocycles. The van der Waals surface area contributed by atoms with Crippen molar-refractivity contribution in [2.75, 3.05) is 18.1 Å². The predicted molar refractivity (Wildman–Crippen MR) is 72.4 cm³/mol. The Morgan fingerprint density at radius 2 is 2.22 bits per heavy atom. The third kappa shape index (κ3) is 2.63. The zero-order valence-corrected chi connectivity index (χ0v) is 10.0. The van der Waals surface area contributed by atoms with Crippen molar-refractivity contribution < 1.29 is 4.74 Å². The molecular weight excluding hydrogens is 228 g/mol. The van der Waals surface area contributed by atoms with Crippen molar-refractivity contribution in [3.63, 3.8) is 0 Å². The van der Waals surface area contributed by atoms with Gasteiger partial charge in [0.1, 0.15) is 18.2 Å². The summed E-state index contributed by atoms with van der Waals surface area (Å²) in [6, 6.07) is 7.78. The second-order valence-corrected chi connectivity index (χ2v) is 3.92. The zero-order valence-electron chi connectivity index (χ0n) is 10.0. The maximum atomic E-state index is 5.76. The van der Waals surface area contributed by atoms with Gasteiger partial charge in [-0.15, -0.1) is 0 Å². The summed E-state index contributed by atoms with van der Waals surface area (Å²) >= 11 is 0. The van der Waals surface area contributed by atoms with E-state index in [0.717, 1.165) is 16.9 Å². The number of hydrogen-bond donors (Lipinski definition) is 3. The fourth-order valence-corrected chi connectivity index (χ4v) is 1.68. The topological polar surface area (TPSA) is 90.0 Å². The van der Waals surface area contributed by atoms with E-state index in [-0.39, 0.29) is 0 Å². The molecular formula is C13H16N4O. The molecule has 18 heavy (non-hydrogen) atoms. The molecule has 0 atom stereocenters. The van der Waals surface area contributed by atoms with Gasteiger partial charge in [0.25, 0.3) is 0 Å². The highest BCUT2D eigenvalue weighted by Crippen LogP contribution is 2.22. The number of nitrogens with one attached hydrogen (secondary N) is 1. The van der Waals surface area contributed by atoms with Crippen molar-refractivity contribution >= 4 is 11.6 Å². The molecule has 5 nitrogen and oxygen atoms in total. The SMILES string of the molecule is C=CCOc1cccc(Cc2c(N)n[nH]c2N)c1. The van der Waals surface area contributed by atoms with E-state index in [1.165, 1.54) is 0 Å². The third-order valence-electron chi connectivity index (χ3n) is 2.58. The second kappa shape index (κ2) is 5.27. The van der Waals surface area contributed by atoms with Gasteiger partial charge in [-0.2, -0.15) is 5.10 Å². The molecule has 1 aromatic heterocycles. The molecule has 5 N–H and O–H groups in total. The highest BCUT2D eigenvalue weighted by Gasteiger charge is 2.09. The molecule has 5 heteroatoms. The Bertz CT molecular complexity index is 528. The summed E-state index contributed by atoms with van der Waals surface area (Å²) in [5.41, 5.74) is 13.4. The van der Waals surface area contributed by atoms with Gasteiger partial charge in [0.15, 0.2) is 5.82 Å². The molecule has 0 aliphatic rings. The van der Waals surface area contributed by atoms with Crippen LogP contribution in [0.1, 0.15) is 11.1 Å². The molecule has 2 aromatic rings. The van der Waals surface area contributed by atoms with Gasteiger partial charge in [0.2, 0.25) is 0 Å². The van der Waals surface area contributed by atoms with Gasteiger partial charge in [-0.05, 0) is 17.7 Å². The fraction of sp³-hybridized carbons (Fsp3) is 0.154. The lowest BCUT2D eigenvalue weighted by atomic mass is 10.1. The van der Waals surface area contributed by atoms with E-state index < -0.39 is 0 Å². The second-order valence-electron chi connectivity index (χ2n) is 3.92. The van der Waals surface area contributed by atoms with E-state index in [0.29, 0.717) is 24.7 Å². The lowest BCUT2D eigenvalue weighted by molar-refractivity contribution is 0.363. The van der Waals surface area contributed by atoms with E-state index in [9.17, 15) is 0 Å². The highest BCUT2D eigenvalue weighted by atomic mass is 16.5. The molecule has 0 unspecified atom stereocenters. The van der Waals surface area contributed by atoms with E-state index in [1.807, 2.05) is 24.3 Å². The minimum atomic E-state index is 0.435. The Balaban J connectivity index is 2.16. The van der Waals surface area contributed by atoms with Gasteiger partial charge in [0.05, 0.1) is 0 Å². The Morgan fingerprint density at radius 1 is 1.39 bits per heavy atom. The van der Waals surface area contributed by atoms with Crippen LogP contribution >= 0.6 is 0 Å². The number of nitrogen functional groups attached to an aromatic ring is 2. The van der Waals surface area contributed by atoms with E-state index in [2.05, 4.69) is 16.8 Å². The van der Waals surface area contributed by atoms with Crippen LogP contribution in [0, 0.1) is 0 Å². The van der Waals surface area contributed by atoms with Crippen molar-refractivity contribution in [2.24, 2.45) is 0 Å². The van der Waals surface area contributed by atoms with Crippen LogP contribution in [0.2, 0.25) is 0 Å². The number of nitrogens with two attached hydrogens (primary N) is 2. The number of aromatic amines is 1. The number of nitrogens with zero attached hydrogens (tertiary/aromatic N) is 1. The first-order chi connectivity index (χ1) is 8.70. The molecule has 0 saturated heterocycles. The average Bonchev–Trinajstić information content (AvgIpc) is 2.69. The first-order valence-corrected chi connectivity index (χ1v) is 5.61. The number of hydrogen-bond acceptors (Lipinski definition) is 4. The molecule has 2 rings (SSSR count). The van der Waals surface area contributed by atoms with Crippen LogP contribution in [-0.4, -0.2) is 16.8 Å². The van der Waals surface area contributed by atoms with E-state index in [1.54, 1.807) is 6.08 Å². The number of anilines is 2. The van der Waals surface area contributed by atoms with Crippen molar-refractivity contribution in [1.82, 2.24) is 10.2 Å². The van der Waals surface area contributed by atoms with Gasteiger partial charge >= 0.3 is 0 Å². The van der Waals surface area contributed by atoms with Gasteiger partial charge in [0, 0.05) is 12.0 Å². The number of ether oxygens (including phenoxy) is 1. The molecule has 0 aliphatic heterocycles. The maximum absolute atomic E-state index is 5.76. The van der Waals surface area contributed by atoms with Crippen molar-refractivity contribution in [3.05, 3.63) is 48.0 Å². The monoisotopic (exact) mass is 244 g/mol. The zero-order chi connectivity index (χ0) is 13.0. The van der Waals surface area contributed by atoms with Gasteiger partial charge < -0.3 is 16.2 Å². The lowest BCUT2D eigenvalue weighted by Crippen LogP contribution is -1.98. The average molecular weight is 244 g/mol. The third-order valence-corrected chi connectivity index (χ3v) is 2.58. The minimum absolute atomic E-state index is 0.435. The van der Waals surface area contributed by atoms with Gasteiger partial charge in [-0.1, -0.05) is 24.8 Å². The molecule has 94 valence electrons. The molecule has 0 spiro atoms. The maximum Gasteiger partial charge on any atom is 0.150 e. The predicted octanol–water partition coefficient (Wildman–Crippen LogP) is 1.73. The minimum Gasteiger partial charge on any atom is -0.490 e. The molecule has 0 aliphatic carbocycles. The van der Waals surface area contributed by atoms with Crippen molar-refractivity contribution in [1.29, 1.82) is 0 Å². The Morgan fingerprint density at radius 3 is 2.89 bits per heavy atom. The first-order valence-electron chi connectivity index (χ1n) is 5.61. The summed E-state index contributed by atoms with van der Waals surface area (Å²) in [6.45, 7) is 4.10. The number of aromatic nitrogens is 2. The summed E-state index contributed by atoms with van der Waals surface area (Å²) in [5.74, 6) is 1.74. The molecule has 0 bridgehead atoms. The smallest absolute Gasteiger partial charge is 0.150 e. The number of H-pyrrole nitrogens is 1. The molecule has 0 fully saturated rings. The quantitative estimate of drug-likeness (QED) is 0.699. The van der Waals surface area contributed by atoms with Crippen LogP contribution in [0.4, 0.5) is 11.6 Å². The Labute approximate surface area is 105 Å². The fourth-order valence-electron chi connectivity index (χ4n) is 1.68. The summed E-state index contributed by atoms with van der Waals surface area (Å²) < 4.78 is 5.47. The molecule has 1 aromatic carbocycles. The summed E-state index contributed by atoms with van der Waals surface area (Å²) in [4.78, 5) is 0. The lowest BCUT2D eigenvalue weighted by Gasteiger charge is -2.06. The molecule has 0 saturated carbocycles. The summed E-state index contributed by atoms with van der Waals surface area (Å²) in [5, 5.41) is 6.53. The Kier molecular flexibility index (Phi) is 3.52. The Hall–Kier alpha value is -2.43. The summed E-state index contributed by atoms with van der Waals surface area (Å²) in [6.07, 6.45) is 2.33. The highest BCUT2D eigenvalue weighted by molar-refractivity contribution is 5.55. The van der Waals surface area contributed by atoms with Crippen LogP contribution in [0.5, 0.6) is 5.75 Å². The van der Waals surface area contributed by atoms with Gasteiger partial charge in [-0.3, -0.25) is 5.10 Å². The standard InChI is InChI=1S/C13H16N4O/c1-2-6-18-10-5-3-4-9(7-10)8-11-12(14)16-17-13(11)15/h2-5,7H,1,6,8H2,(H5,14,15,16,17). The van der Waals surface area contributed by atoms with Gasteiger partial charge in [-0.25, -0.2) is 0 Å². The van der Waals surface area contributed by atoms with Crippen LogP contribution in [0.25, 0.3) is 0 Å². The van der Waals surface area contributed by atoms with Crippen LogP contribution in [0.15, 0.2) is 36.9 Å². The van der Waals surface area contributed by atoms with Crippen LogP contribution in [0.3, 0.4) is 0 Å². The molecule has 0 radical (unpaired) electrons.